The minimum Gasteiger partial charge on any atom is -0.457 e. The van der Waals surface area contributed by atoms with Crippen LogP contribution in [-0.4, -0.2) is 5.24 Å². The van der Waals surface area contributed by atoms with Crippen LogP contribution in [0.2, 0.25) is 0 Å². The van der Waals surface area contributed by atoms with E-state index in [0.717, 1.165) is 11.3 Å². The Hall–Kier alpha value is -2.06. The highest BCUT2D eigenvalue weighted by molar-refractivity contribution is 6.66. The van der Waals surface area contributed by atoms with Crippen molar-refractivity contribution in [2.24, 2.45) is 0 Å². The number of carbonyl (C=O) groups excluding carboxylic acids is 1. The van der Waals surface area contributed by atoms with Gasteiger partial charge in [-0.25, -0.2) is 0 Å². The van der Waals surface area contributed by atoms with E-state index < -0.39 is 5.24 Å². The van der Waals surface area contributed by atoms with Crippen LogP contribution in [0.5, 0.6) is 0 Å². The number of carbonyl (C=O) groups is 1. The van der Waals surface area contributed by atoms with Gasteiger partial charge in [-0.3, -0.25) is 4.79 Å². The number of allylic oxidation sites excluding steroid dienone is 1. The quantitative estimate of drug-likeness (QED) is 0.607. The van der Waals surface area contributed by atoms with Gasteiger partial charge in [0.2, 0.25) is 5.24 Å². The average Bonchev–Trinajstić information content (AvgIpc) is 2.83. The van der Waals surface area contributed by atoms with E-state index >= 15 is 0 Å². The van der Waals surface area contributed by atoms with Crippen molar-refractivity contribution in [3.05, 3.63) is 65.6 Å². The first-order valence-corrected chi connectivity index (χ1v) is 5.82. The van der Waals surface area contributed by atoms with E-state index in [2.05, 4.69) is 0 Å². The Kier molecular flexibility index (Phi) is 4.15. The van der Waals surface area contributed by atoms with Crippen LogP contribution in [0, 0.1) is 0 Å². The summed E-state index contributed by atoms with van der Waals surface area (Å²) < 4.78 is 5.47. The molecule has 0 aliphatic rings. The molecule has 90 valence electrons. The monoisotopic (exact) mass is 258 g/mol. The third-order valence-electron chi connectivity index (χ3n) is 2.27. The summed E-state index contributed by atoms with van der Waals surface area (Å²) in [6.45, 7) is 0. The number of benzene rings is 1. The Morgan fingerprint density at radius 1 is 0.944 bits per heavy atom. The number of hydrogen-bond acceptors (Lipinski definition) is 2. The molecule has 0 bridgehead atoms. The Labute approximate surface area is 110 Å². The van der Waals surface area contributed by atoms with Crippen molar-refractivity contribution >= 4 is 35.1 Å². The SMILES string of the molecule is O=C(Cl)C=Cc1ccc(C=Cc2ccccc2)o1. The topological polar surface area (TPSA) is 30.2 Å². The minimum absolute atomic E-state index is 0.521. The number of halogens is 1. The predicted octanol–water partition coefficient (Wildman–Crippen LogP) is 4.23. The molecule has 1 aromatic heterocycles. The summed E-state index contributed by atoms with van der Waals surface area (Å²) in [5.74, 6) is 1.32. The van der Waals surface area contributed by atoms with Gasteiger partial charge in [-0.1, -0.05) is 36.4 Å². The standard InChI is InChI=1S/C15H11ClO2/c16-15(17)11-10-14-9-8-13(18-14)7-6-12-4-2-1-3-5-12/h1-11H. The molecule has 0 N–H and O–H groups in total. The molecule has 1 heterocycles. The summed E-state index contributed by atoms with van der Waals surface area (Å²) in [5.41, 5.74) is 1.10. The first-order chi connectivity index (χ1) is 8.74. The zero-order valence-electron chi connectivity index (χ0n) is 9.55. The molecule has 2 rings (SSSR count). The highest BCUT2D eigenvalue weighted by atomic mass is 35.5. The van der Waals surface area contributed by atoms with Crippen LogP contribution in [0.15, 0.2) is 53.0 Å². The molecular formula is C15H11ClO2. The fourth-order valence-corrected chi connectivity index (χ4v) is 1.50. The lowest BCUT2D eigenvalue weighted by Crippen LogP contribution is -1.73. The largest absolute Gasteiger partial charge is 0.457 e. The third-order valence-corrected chi connectivity index (χ3v) is 2.39. The molecule has 0 radical (unpaired) electrons. The molecule has 0 fully saturated rings. The maximum absolute atomic E-state index is 10.6. The fraction of sp³-hybridized carbons (Fsp3) is 0. The number of rotatable bonds is 4. The highest BCUT2D eigenvalue weighted by Gasteiger charge is 1.96. The zero-order valence-corrected chi connectivity index (χ0v) is 10.3. The Bertz CT molecular complexity index is 580. The van der Waals surface area contributed by atoms with Gasteiger partial charge in [-0.15, -0.1) is 0 Å². The first-order valence-electron chi connectivity index (χ1n) is 5.44. The van der Waals surface area contributed by atoms with Crippen LogP contribution >= 0.6 is 11.6 Å². The molecule has 0 aliphatic carbocycles. The molecular weight excluding hydrogens is 248 g/mol. The predicted molar refractivity (Wildman–Crippen MR) is 74.0 cm³/mol. The van der Waals surface area contributed by atoms with E-state index in [1.165, 1.54) is 12.2 Å². The van der Waals surface area contributed by atoms with E-state index in [1.807, 2.05) is 48.6 Å². The second-order valence-corrected chi connectivity index (χ2v) is 3.99. The van der Waals surface area contributed by atoms with Crippen molar-refractivity contribution < 1.29 is 9.21 Å². The fourth-order valence-electron chi connectivity index (χ4n) is 1.44. The van der Waals surface area contributed by atoms with Crippen LogP contribution < -0.4 is 0 Å². The molecule has 0 saturated heterocycles. The van der Waals surface area contributed by atoms with Crippen LogP contribution in [0.4, 0.5) is 0 Å². The van der Waals surface area contributed by atoms with Gasteiger partial charge in [-0.05, 0) is 41.4 Å². The van der Waals surface area contributed by atoms with Crippen molar-refractivity contribution in [3.8, 4) is 0 Å². The van der Waals surface area contributed by atoms with Gasteiger partial charge in [0.1, 0.15) is 11.5 Å². The summed E-state index contributed by atoms with van der Waals surface area (Å²) in [4.78, 5) is 10.6. The van der Waals surface area contributed by atoms with Gasteiger partial charge < -0.3 is 4.42 Å². The molecule has 0 spiro atoms. The minimum atomic E-state index is -0.521. The molecule has 1 aromatic carbocycles. The summed E-state index contributed by atoms with van der Waals surface area (Å²) in [5, 5.41) is -0.521. The van der Waals surface area contributed by atoms with Gasteiger partial charge in [0, 0.05) is 6.08 Å². The molecule has 2 nitrogen and oxygen atoms in total. The summed E-state index contributed by atoms with van der Waals surface area (Å²) in [7, 11) is 0. The molecule has 0 atom stereocenters. The van der Waals surface area contributed by atoms with Crippen LogP contribution in [0.25, 0.3) is 18.2 Å². The first kappa shape index (κ1) is 12.4. The Morgan fingerprint density at radius 3 is 2.28 bits per heavy atom. The zero-order chi connectivity index (χ0) is 12.8. The van der Waals surface area contributed by atoms with Gasteiger partial charge in [-0.2, -0.15) is 0 Å². The normalized spacial score (nSPS) is 11.4. The summed E-state index contributed by atoms with van der Waals surface area (Å²) in [6.07, 6.45) is 6.62. The number of furan rings is 1. The second kappa shape index (κ2) is 6.03. The van der Waals surface area contributed by atoms with E-state index in [1.54, 1.807) is 6.07 Å². The molecule has 0 unspecified atom stereocenters. The number of hydrogen-bond donors (Lipinski definition) is 0. The van der Waals surface area contributed by atoms with Crippen LogP contribution in [-0.2, 0) is 4.79 Å². The third kappa shape index (κ3) is 3.75. The van der Waals surface area contributed by atoms with Crippen molar-refractivity contribution in [2.75, 3.05) is 0 Å². The van der Waals surface area contributed by atoms with E-state index in [-0.39, 0.29) is 0 Å². The Morgan fingerprint density at radius 2 is 1.61 bits per heavy atom. The van der Waals surface area contributed by atoms with Gasteiger partial charge in [0.05, 0.1) is 0 Å². The Balaban J connectivity index is 2.07. The van der Waals surface area contributed by atoms with Crippen molar-refractivity contribution in [1.82, 2.24) is 0 Å². The van der Waals surface area contributed by atoms with Crippen molar-refractivity contribution in [2.45, 2.75) is 0 Å². The smallest absolute Gasteiger partial charge is 0.245 e. The average molecular weight is 259 g/mol. The lowest BCUT2D eigenvalue weighted by atomic mass is 10.2. The molecule has 0 amide bonds. The maximum Gasteiger partial charge on any atom is 0.245 e. The van der Waals surface area contributed by atoms with E-state index in [0.29, 0.717) is 5.76 Å². The summed E-state index contributed by atoms with van der Waals surface area (Å²) in [6, 6.07) is 13.5. The summed E-state index contributed by atoms with van der Waals surface area (Å²) >= 11 is 5.19. The van der Waals surface area contributed by atoms with E-state index in [4.69, 9.17) is 16.0 Å². The lowest BCUT2D eigenvalue weighted by molar-refractivity contribution is -0.107. The van der Waals surface area contributed by atoms with Gasteiger partial charge in [0.15, 0.2) is 0 Å². The molecule has 2 aromatic rings. The molecule has 18 heavy (non-hydrogen) atoms. The van der Waals surface area contributed by atoms with Crippen LogP contribution in [0.1, 0.15) is 17.1 Å². The van der Waals surface area contributed by atoms with Crippen LogP contribution in [0.3, 0.4) is 0 Å². The highest BCUT2D eigenvalue weighted by Crippen LogP contribution is 2.13. The van der Waals surface area contributed by atoms with Crippen molar-refractivity contribution in [1.29, 1.82) is 0 Å². The molecule has 0 saturated carbocycles. The maximum atomic E-state index is 10.6. The lowest BCUT2D eigenvalue weighted by Gasteiger charge is -1.90. The van der Waals surface area contributed by atoms with Gasteiger partial charge in [0.25, 0.3) is 0 Å². The van der Waals surface area contributed by atoms with Gasteiger partial charge >= 0.3 is 0 Å². The van der Waals surface area contributed by atoms with E-state index in [9.17, 15) is 4.79 Å². The molecule has 0 aliphatic heterocycles. The molecule has 3 heteroatoms. The van der Waals surface area contributed by atoms with Crippen molar-refractivity contribution in [3.63, 3.8) is 0 Å². The second-order valence-electron chi connectivity index (χ2n) is 3.62.